The minimum absolute atomic E-state index is 0.269. The summed E-state index contributed by atoms with van der Waals surface area (Å²) in [6.45, 7) is 7.73. The van der Waals surface area contributed by atoms with Crippen molar-refractivity contribution in [1.29, 1.82) is 0 Å². The molecule has 0 aromatic rings. The van der Waals surface area contributed by atoms with Gasteiger partial charge in [0.2, 0.25) is 0 Å². The smallest absolute Gasteiger partial charge is 0.307 e. The Kier molecular flexibility index (Phi) is 6.65. The van der Waals surface area contributed by atoms with Gasteiger partial charge in [0.05, 0.1) is 5.92 Å². The second kappa shape index (κ2) is 7.74. The molecule has 1 rings (SSSR count). The number of nitrogens with zero attached hydrogens (tertiary/aromatic N) is 2. The molecule has 1 fully saturated rings. The molecule has 0 radical (unpaired) electrons. The monoisotopic (exact) mass is 256 g/mol. The number of carboxylic acids is 1. The minimum Gasteiger partial charge on any atom is -0.481 e. The molecule has 4 heteroatoms. The van der Waals surface area contributed by atoms with Crippen LogP contribution in [0, 0.1) is 5.92 Å². The zero-order chi connectivity index (χ0) is 13.5. The van der Waals surface area contributed by atoms with Gasteiger partial charge in [-0.25, -0.2) is 0 Å². The maximum atomic E-state index is 10.9. The quantitative estimate of drug-likeness (QED) is 0.755. The number of piperidine rings is 1. The topological polar surface area (TPSA) is 43.8 Å². The van der Waals surface area contributed by atoms with E-state index in [-0.39, 0.29) is 5.92 Å². The molecule has 1 heterocycles. The average Bonchev–Trinajstić information content (AvgIpc) is 2.35. The Morgan fingerprint density at radius 2 is 2.22 bits per heavy atom. The van der Waals surface area contributed by atoms with Crippen LogP contribution < -0.4 is 0 Å². The summed E-state index contributed by atoms with van der Waals surface area (Å²) in [5, 5.41) is 8.95. The minimum atomic E-state index is -0.691. The Hall–Kier alpha value is -0.610. The normalized spacial score (nSPS) is 23.2. The number of hydrogen-bond acceptors (Lipinski definition) is 3. The van der Waals surface area contributed by atoms with Gasteiger partial charge in [-0.2, -0.15) is 0 Å². The summed E-state index contributed by atoms with van der Waals surface area (Å²) >= 11 is 0. The summed E-state index contributed by atoms with van der Waals surface area (Å²) < 4.78 is 0. The highest BCUT2D eigenvalue weighted by Crippen LogP contribution is 2.18. The maximum absolute atomic E-state index is 10.9. The van der Waals surface area contributed by atoms with E-state index in [2.05, 4.69) is 23.8 Å². The first-order valence-corrected chi connectivity index (χ1v) is 7.20. The number of carbonyl (C=O) groups is 1. The first-order valence-electron chi connectivity index (χ1n) is 7.20. The Morgan fingerprint density at radius 3 is 2.78 bits per heavy atom. The van der Waals surface area contributed by atoms with Crippen LogP contribution in [0.5, 0.6) is 0 Å². The van der Waals surface area contributed by atoms with Crippen molar-refractivity contribution >= 4 is 5.97 Å². The first kappa shape index (κ1) is 15.4. The van der Waals surface area contributed by atoms with Crippen molar-refractivity contribution in [2.24, 2.45) is 5.92 Å². The molecule has 0 spiro atoms. The van der Waals surface area contributed by atoms with Crippen LogP contribution in [0.1, 0.15) is 39.5 Å². The molecule has 0 aromatic carbocycles. The molecule has 0 saturated carbocycles. The fourth-order valence-corrected chi connectivity index (χ4v) is 2.68. The standard InChI is InChI=1S/C14H28N2O2/c1-4-16(11-12(2)14(17)18)10-8-13-7-5-6-9-15(13)3/h12-13H,4-11H2,1-3H3,(H,17,18). The fraction of sp³-hybridized carbons (Fsp3) is 0.929. The van der Waals surface area contributed by atoms with E-state index >= 15 is 0 Å². The van der Waals surface area contributed by atoms with Crippen molar-refractivity contribution in [3.8, 4) is 0 Å². The predicted octanol–water partition coefficient (Wildman–Crippen LogP) is 1.90. The Labute approximate surface area is 111 Å². The molecule has 0 aliphatic carbocycles. The van der Waals surface area contributed by atoms with Crippen molar-refractivity contribution in [2.75, 3.05) is 33.2 Å². The summed E-state index contributed by atoms with van der Waals surface area (Å²) in [5.74, 6) is -0.961. The number of likely N-dealkylation sites (tertiary alicyclic amines) is 1. The zero-order valence-corrected chi connectivity index (χ0v) is 12.1. The molecule has 1 aliphatic heterocycles. The van der Waals surface area contributed by atoms with E-state index in [9.17, 15) is 4.79 Å². The van der Waals surface area contributed by atoms with Gasteiger partial charge in [-0.1, -0.05) is 20.3 Å². The van der Waals surface area contributed by atoms with Crippen LogP contribution >= 0.6 is 0 Å². The molecule has 106 valence electrons. The number of aliphatic carboxylic acids is 1. The first-order chi connectivity index (χ1) is 8.54. The molecule has 2 unspecified atom stereocenters. The van der Waals surface area contributed by atoms with Crippen molar-refractivity contribution in [1.82, 2.24) is 9.80 Å². The lowest BCUT2D eigenvalue weighted by Gasteiger charge is -2.34. The van der Waals surface area contributed by atoms with E-state index in [4.69, 9.17) is 5.11 Å². The van der Waals surface area contributed by atoms with Gasteiger partial charge in [-0.3, -0.25) is 4.79 Å². The maximum Gasteiger partial charge on any atom is 0.307 e. The molecule has 4 nitrogen and oxygen atoms in total. The van der Waals surface area contributed by atoms with E-state index < -0.39 is 5.97 Å². The van der Waals surface area contributed by atoms with Crippen LogP contribution in [0.15, 0.2) is 0 Å². The second-order valence-electron chi connectivity index (χ2n) is 5.55. The fourth-order valence-electron chi connectivity index (χ4n) is 2.68. The Bertz CT molecular complexity index is 258. The van der Waals surface area contributed by atoms with Crippen LogP contribution in [0.2, 0.25) is 0 Å². The highest BCUT2D eigenvalue weighted by Gasteiger charge is 2.20. The molecule has 1 N–H and O–H groups in total. The van der Waals surface area contributed by atoms with Crippen molar-refractivity contribution in [2.45, 2.75) is 45.6 Å². The van der Waals surface area contributed by atoms with Crippen molar-refractivity contribution in [3.05, 3.63) is 0 Å². The summed E-state index contributed by atoms with van der Waals surface area (Å²) in [6, 6.07) is 0.688. The molecule has 1 aliphatic rings. The highest BCUT2D eigenvalue weighted by atomic mass is 16.4. The lowest BCUT2D eigenvalue weighted by atomic mass is 10.00. The number of hydrogen-bond donors (Lipinski definition) is 1. The summed E-state index contributed by atoms with van der Waals surface area (Å²) in [7, 11) is 2.21. The van der Waals surface area contributed by atoms with Crippen LogP contribution in [0.25, 0.3) is 0 Å². The predicted molar refractivity (Wildman–Crippen MR) is 73.8 cm³/mol. The highest BCUT2D eigenvalue weighted by molar-refractivity contribution is 5.69. The Morgan fingerprint density at radius 1 is 1.50 bits per heavy atom. The second-order valence-corrected chi connectivity index (χ2v) is 5.55. The third-order valence-electron chi connectivity index (χ3n) is 4.10. The largest absolute Gasteiger partial charge is 0.481 e. The van der Waals surface area contributed by atoms with E-state index in [1.165, 1.54) is 25.8 Å². The Balaban J connectivity index is 2.32. The van der Waals surface area contributed by atoms with Gasteiger partial charge in [0.15, 0.2) is 0 Å². The molecular formula is C14H28N2O2. The molecular weight excluding hydrogens is 228 g/mol. The molecule has 1 saturated heterocycles. The number of rotatable bonds is 7. The van der Waals surface area contributed by atoms with Gasteiger partial charge in [0.25, 0.3) is 0 Å². The molecule has 2 atom stereocenters. The SMILES string of the molecule is CCN(CCC1CCCCN1C)CC(C)C(=O)O. The van der Waals surface area contributed by atoms with E-state index in [0.29, 0.717) is 12.6 Å². The van der Waals surface area contributed by atoms with Crippen LogP contribution in [-0.4, -0.2) is 60.1 Å². The van der Waals surface area contributed by atoms with E-state index in [0.717, 1.165) is 19.5 Å². The lowest BCUT2D eigenvalue weighted by molar-refractivity contribution is -0.141. The van der Waals surface area contributed by atoms with E-state index in [1.807, 2.05) is 0 Å². The van der Waals surface area contributed by atoms with Crippen molar-refractivity contribution < 1.29 is 9.90 Å². The van der Waals surface area contributed by atoms with Crippen LogP contribution in [-0.2, 0) is 4.79 Å². The summed E-state index contributed by atoms with van der Waals surface area (Å²) in [5.41, 5.74) is 0. The van der Waals surface area contributed by atoms with Crippen LogP contribution in [0.4, 0.5) is 0 Å². The van der Waals surface area contributed by atoms with Crippen molar-refractivity contribution in [3.63, 3.8) is 0 Å². The van der Waals surface area contributed by atoms with E-state index in [1.54, 1.807) is 6.92 Å². The molecule has 0 amide bonds. The molecule has 0 bridgehead atoms. The van der Waals surface area contributed by atoms with Gasteiger partial charge >= 0.3 is 5.97 Å². The average molecular weight is 256 g/mol. The van der Waals surface area contributed by atoms with Gasteiger partial charge in [-0.15, -0.1) is 0 Å². The van der Waals surface area contributed by atoms with Gasteiger partial charge in [-0.05, 0) is 45.9 Å². The third kappa shape index (κ3) is 4.94. The third-order valence-corrected chi connectivity index (χ3v) is 4.10. The summed E-state index contributed by atoms with van der Waals surface area (Å²) in [4.78, 5) is 15.6. The van der Waals surface area contributed by atoms with Gasteiger partial charge in [0.1, 0.15) is 0 Å². The molecule has 0 aromatic heterocycles. The van der Waals surface area contributed by atoms with Gasteiger partial charge < -0.3 is 14.9 Å². The zero-order valence-electron chi connectivity index (χ0n) is 12.1. The van der Waals surface area contributed by atoms with Gasteiger partial charge in [0, 0.05) is 12.6 Å². The number of carboxylic acid groups (broad SMARTS) is 1. The lowest BCUT2D eigenvalue weighted by Crippen LogP contribution is -2.40. The summed E-state index contributed by atoms with van der Waals surface area (Å²) in [6.07, 6.45) is 5.12. The molecule has 18 heavy (non-hydrogen) atoms. The van der Waals surface area contributed by atoms with Crippen LogP contribution in [0.3, 0.4) is 0 Å².